The van der Waals surface area contributed by atoms with Gasteiger partial charge in [0.25, 0.3) is 0 Å². The lowest BCUT2D eigenvalue weighted by Crippen LogP contribution is -2.06. The van der Waals surface area contributed by atoms with Crippen LogP contribution in [-0.2, 0) is 0 Å². The Morgan fingerprint density at radius 3 is 2.28 bits per heavy atom. The van der Waals surface area contributed by atoms with Crippen molar-refractivity contribution in [2.45, 2.75) is 83.5 Å². The van der Waals surface area contributed by atoms with Gasteiger partial charge in [0.1, 0.15) is 0 Å². The van der Waals surface area contributed by atoms with E-state index in [1.165, 1.54) is 63.4 Å². The van der Waals surface area contributed by atoms with Gasteiger partial charge >= 0.3 is 0 Å². The number of aromatic nitrogens is 1. The van der Waals surface area contributed by atoms with Gasteiger partial charge < -0.3 is 0 Å². The number of hydrogen-bond donors (Lipinski definition) is 0. The van der Waals surface area contributed by atoms with Gasteiger partial charge in [-0.25, -0.2) is 4.98 Å². The van der Waals surface area contributed by atoms with Crippen molar-refractivity contribution < 1.29 is 9.78 Å². The van der Waals surface area contributed by atoms with Crippen LogP contribution < -0.4 is 4.98 Å². The Morgan fingerprint density at radius 1 is 0.862 bits per heavy atom. The van der Waals surface area contributed by atoms with E-state index in [0.29, 0.717) is 12.3 Å². The average Bonchev–Trinajstić information content (AvgIpc) is 2.77. The second kappa shape index (κ2) is 14.7. The number of hydrogen-bond acceptors (Lipinski definition) is 1. The SMILES string of the molecule is CC(CCC=CCCCCCCCCCC(=O)c1ccc[nH+]c1)c1ccccc1. The molecule has 0 fully saturated rings. The fraction of sp³-hybridized carbons (Fsp3) is 0.481. The average molecular weight is 393 g/mol. The van der Waals surface area contributed by atoms with E-state index >= 15 is 0 Å². The lowest BCUT2D eigenvalue weighted by Gasteiger charge is -2.09. The number of pyridine rings is 1. The van der Waals surface area contributed by atoms with Crippen molar-refractivity contribution in [3.05, 3.63) is 78.1 Å². The molecule has 1 heterocycles. The summed E-state index contributed by atoms with van der Waals surface area (Å²) in [7, 11) is 0. The predicted molar refractivity (Wildman–Crippen MR) is 122 cm³/mol. The van der Waals surface area contributed by atoms with Gasteiger partial charge in [-0.2, -0.15) is 0 Å². The van der Waals surface area contributed by atoms with Crippen LogP contribution in [0, 0.1) is 0 Å². The molecule has 0 radical (unpaired) electrons. The highest BCUT2D eigenvalue weighted by Crippen LogP contribution is 2.20. The smallest absolute Gasteiger partial charge is 0.177 e. The summed E-state index contributed by atoms with van der Waals surface area (Å²) in [6.07, 6.45) is 21.3. The lowest BCUT2D eigenvalue weighted by atomic mass is 9.96. The molecule has 2 aromatic rings. The number of Topliss-reactive ketones (excluding diaryl/α,β-unsaturated/α-hetero) is 1. The molecule has 1 aromatic carbocycles. The number of carbonyl (C=O) groups excluding carboxylic acids is 1. The third-order valence-corrected chi connectivity index (χ3v) is 5.61. The Bertz CT molecular complexity index is 693. The van der Waals surface area contributed by atoms with Crippen LogP contribution in [0.4, 0.5) is 0 Å². The minimum absolute atomic E-state index is 0.256. The molecule has 0 amide bonds. The van der Waals surface area contributed by atoms with E-state index in [0.717, 1.165) is 12.0 Å². The fourth-order valence-electron chi connectivity index (χ4n) is 3.67. The van der Waals surface area contributed by atoms with Gasteiger partial charge in [-0.3, -0.25) is 4.79 Å². The second-order valence-corrected chi connectivity index (χ2v) is 8.09. The molecule has 1 N–H and O–H groups in total. The summed E-state index contributed by atoms with van der Waals surface area (Å²) in [5, 5.41) is 0. The Morgan fingerprint density at radius 2 is 1.55 bits per heavy atom. The second-order valence-electron chi connectivity index (χ2n) is 8.09. The molecule has 0 saturated heterocycles. The topological polar surface area (TPSA) is 31.2 Å². The zero-order valence-electron chi connectivity index (χ0n) is 18.1. The number of allylic oxidation sites excluding steroid dienone is 2. The normalized spacial score (nSPS) is 12.3. The molecular formula is C27H38NO+. The summed E-state index contributed by atoms with van der Waals surface area (Å²) < 4.78 is 0. The van der Waals surface area contributed by atoms with Crippen molar-refractivity contribution in [2.75, 3.05) is 0 Å². The van der Waals surface area contributed by atoms with Crippen molar-refractivity contribution in [2.24, 2.45) is 0 Å². The van der Waals surface area contributed by atoms with Crippen LogP contribution in [0.1, 0.15) is 99.4 Å². The summed E-state index contributed by atoms with van der Waals surface area (Å²) in [5.74, 6) is 0.897. The Hall–Kier alpha value is -2.22. The monoisotopic (exact) mass is 392 g/mol. The maximum atomic E-state index is 12.0. The van der Waals surface area contributed by atoms with Gasteiger partial charge in [0.05, 0.1) is 5.56 Å². The largest absolute Gasteiger partial charge is 0.294 e. The number of carbonyl (C=O) groups is 1. The first-order valence-corrected chi connectivity index (χ1v) is 11.5. The van der Waals surface area contributed by atoms with Crippen LogP contribution in [-0.4, -0.2) is 5.78 Å². The van der Waals surface area contributed by atoms with E-state index in [1.54, 1.807) is 6.20 Å². The van der Waals surface area contributed by atoms with E-state index in [1.807, 2.05) is 18.3 Å². The molecule has 0 bridgehead atoms. The minimum atomic E-state index is 0.256. The number of rotatable bonds is 15. The molecule has 0 aliphatic heterocycles. The van der Waals surface area contributed by atoms with E-state index in [2.05, 4.69) is 54.4 Å². The van der Waals surface area contributed by atoms with E-state index in [-0.39, 0.29) is 5.78 Å². The molecule has 156 valence electrons. The third-order valence-electron chi connectivity index (χ3n) is 5.61. The van der Waals surface area contributed by atoms with Gasteiger partial charge in [-0.05, 0) is 49.7 Å². The number of H-pyrrole nitrogens is 1. The predicted octanol–water partition coefficient (Wildman–Crippen LogP) is 7.33. The third kappa shape index (κ3) is 10.2. The van der Waals surface area contributed by atoms with Crippen LogP contribution in [0.2, 0.25) is 0 Å². The maximum Gasteiger partial charge on any atom is 0.177 e. The highest BCUT2D eigenvalue weighted by molar-refractivity contribution is 5.95. The van der Waals surface area contributed by atoms with Gasteiger partial charge in [-0.15, -0.1) is 0 Å². The van der Waals surface area contributed by atoms with E-state index < -0.39 is 0 Å². The molecule has 1 aromatic heterocycles. The van der Waals surface area contributed by atoms with Gasteiger partial charge in [0, 0.05) is 12.5 Å². The summed E-state index contributed by atoms with van der Waals surface area (Å²) in [6.45, 7) is 2.32. The molecule has 2 nitrogen and oxygen atoms in total. The molecule has 1 unspecified atom stereocenters. The molecular weight excluding hydrogens is 354 g/mol. The van der Waals surface area contributed by atoms with Crippen LogP contribution >= 0.6 is 0 Å². The van der Waals surface area contributed by atoms with Gasteiger partial charge in [0.15, 0.2) is 18.2 Å². The van der Waals surface area contributed by atoms with Gasteiger partial charge in [-0.1, -0.05) is 81.5 Å². The number of ketones is 1. The summed E-state index contributed by atoms with van der Waals surface area (Å²) >= 11 is 0. The molecule has 0 spiro atoms. The highest BCUT2D eigenvalue weighted by atomic mass is 16.1. The summed E-state index contributed by atoms with van der Waals surface area (Å²) in [4.78, 5) is 15.0. The molecule has 1 atom stereocenters. The van der Waals surface area contributed by atoms with Crippen molar-refractivity contribution in [3.63, 3.8) is 0 Å². The number of aromatic amines is 1. The first-order valence-electron chi connectivity index (χ1n) is 11.5. The van der Waals surface area contributed by atoms with Crippen molar-refractivity contribution in [3.8, 4) is 0 Å². The number of benzene rings is 1. The highest BCUT2D eigenvalue weighted by Gasteiger charge is 2.07. The quantitative estimate of drug-likeness (QED) is 0.177. The molecule has 0 saturated carbocycles. The lowest BCUT2D eigenvalue weighted by molar-refractivity contribution is -0.378. The maximum absolute atomic E-state index is 12.0. The number of nitrogens with one attached hydrogen (secondary N) is 1. The minimum Gasteiger partial charge on any atom is -0.294 e. The first-order chi connectivity index (χ1) is 14.3. The van der Waals surface area contributed by atoms with Gasteiger partial charge in [0.2, 0.25) is 0 Å². The Balaban J connectivity index is 1.38. The van der Waals surface area contributed by atoms with E-state index in [4.69, 9.17) is 0 Å². The molecule has 2 heteroatoms. The van der Waals surface area contributed by atoms with Crippen molar-refractivity contribution in [1.29, 1.82) is 0 Å². The van der Waals surface area contributed by atoms with Crippen molar-refractivity contribution in [1.82, 2.24) is 0 Å². The first kappa shape index (κ1) is 23.1. The molecule has 29 heavy (non-hydrogen) atoms. The van der Waals surface area contributed by atoms with Crippen LogP contribution in [0.15, 0.2) is 67.0 Å². The molecule has 0 aliphatic carbocycles. The standard InChI is InChI=1S/C27H37NO/c1-24(25-18-13-11-14-19-25)17-12-9-7-5-3-2-4-6-8-10-15-21-27(29)26-20-16-22-28-23-26/h7,9,11,13-14,16,18-20,22-24H,2-6,8,10,12,15,17,21H2,1H3/p+1. The fourth-order valence-corrected chi connectivity index (χ4v) is 3.67. The Kier molecular flexibility index (Phi) is 11.7. The van der Waals surface area contributed by atoms with Crippen LogP contribution in [0.25, 0.3) is 0 Å². The number of unbranched alkanes of at least 4 members (excludes halogenated alkanes) is 7. The van der Waals surface area contributed by atoms with Crippen LogP contribution in [0.3, 0.4) is 0 Å². The molecule has 2 rings (SSSR count). The Labute approximate surface area is 177 Å². The van der Waals surface area contributed by atoms with Crippen LogP contribution in [0.5, 0.6) is 0 Å². The zero-order chi connectivity index (χ0) is 20.6. The summed E-state index contributed by atoms with van der Waals surface area (Å²) in [6, 6.07) is 14.6. The summed E-state index contributed by atoms with van der Waals surface area (Å²) in [5.41, 5.74) is 2.25. The van der Waals surface area contributed by atoms with Crippen molar-refractivity contribution >= 4 is 5.78 Å². The molecule has 0 aliphatic rings. The zero-order valence-corrected chi connectivity index (χ0v) is 18.1. The van der Waals surface area contributed by atoms with E-state index in [9.17, 15) is 4.79 Å².